The molecule has 8 heteroatoms. The fourth-order valence-corrected chi connectivity index (χ4v) is 4.97. The monoisotopic (exact) mass is 427 g/mol. The molecule has 0 bridgehead atoms. The molecule has 0 aliphatic carbocycles. The van der Waals surface area contributed by atoms with Crippen LogP contribution < -0.4 is 20.4 Å². The first kappa shape index (κ1) is 20.9. The summed E-state index contributed by atoms with van der Waals surface area (Å²) in [6.07, 6.45) is 7.51. The van der Waals surface area contributed by atoms with Gasteiger partial charge in [0.1, 0.15) is 5.82 Å². The third-order valence-corrected chi connectivity index (χ3v) is 6.66. The fourth-order valence-electron chi connectivity index (χ4n) is 4.05. The number of aromatic nitrogens is 2. The number of hydrogen-bond acceptors (Lipinski definition) is 6. The van der Waals surface area contributed by atoms with Gasteiger partial charge in [-0.3, -0.25) is 4.99 Å². The molecule has 7 nitrogen and oxygen atoms in total. The summed E-state index contributed by atoms with van der Waals surface area (Å²) < 4.78 is 0. The maximum atomic E-state index is 4.81. The minimum Gasteiger partial charge on any atom is -0.357 e. The lowest BCUT2D eigenvalue weighted by atomic mass is 10.1. The average molecular weight is 428 g/mol. The molecular weight excluding hydrogens is 394 g/mol. The first-order chi connectivity index (χ1) is 14.8. The third kappa shape index (κ3) is 5.62. The van der Waals surface area contributed by atoms with Gasteiger partial charge < -0.3 is 20.4 Å². The molecule has 2 aliphatic rings. The van der Waals surface area contributed by atoms with E-state index < -0.39 is 0 Å². The number of nitrogens with one attached hydrogen (secondary N) is 2. The molecule has 0 amide bonds. The van der Waals surface area contributed by atoms with E-state index in [-0.39, 0.29) is 0 Å². The van der Waals surface area contributed by atoms with E-state index in [9.17, 15) is 0 Å². The zero-order valence-electron chi connectivity index (χ0n) is 17.9. The second kappa shape index (κ2) is 10.6. The van der Waals surface area contributed by atoms with Gasteiger partial charge in [0.25, 0.3) is 0 Å². The summed E-state index contributed by atoms with van der Waals surface area (Å²) >= 11 is 1.77. The Morgan fingerprint density at radius 3 is 2.73 bits per heavy atom. The molecule has 0 aromatic carbocycles. The Bertz CT molecular complexity index is 793. The predicted molar refractivity (Wildman–Crippen MR) is 126 cm³/mol. The summed E-state index contributed by atoms with van der Waals surface area (Å²) in [6, 6.07) is 6.56. The highest BCUT2D eigenvalue weighted by Crippen LogP contribution is 2.24. The van der Waals surface area contributed by atoms with Crippen LogP contribution in [-0.4, -0.2) is 61.2 Å². The fraction of sp³-hybridized carbons (Fsp3) is 0.591. The highest BCUT2D eigenvalue weighted by Gasteiger charge is 2.21. The molecule has 2 aromatic heterocycles. The lowest BCUT2D eigenvalue weighted by Crippen LogP contribution is -2.49. The molecule has 2 fully saturated rings. The van der Waals surface area contributed by atoms with Crippen LogP contribution >= 0.6 is 11.3 Å². The second-order valence-electron chi connectivity index (χ2n) is 7.92. The molecule has 2 aliphatic heterocycles. The van der Waals surface area contributed by atoms with Crippen molar-refractivity contribution >= 4 is 28.2 Å². The first-order valence-corrected chi connectivity index (χ1v) is 12.1. The van der Waals surface area contributed by atoms with Crippen molar-refractivity contribution in [3.05, 3.63) is 35.5 Å². The summed E-state index contributed by atoms with van der Waals surface area (Å²) in [5, 5.41) is 10.4. The molecule has 0 spiro atoms. The minimum atomic E-state index is 0.448. The smallest absolute Gasteiger partial charge is 0.191 e. The Morgan fingerprint density at radius 1 is 1.17 bits per heavy atom. The molecule has 162 valence electrons. The van der Waals surface area contributed by atoms with Crippen LogP contribution in [0.1, 0.15) is 38.3 Å². The van der Waals surface area contributed by atoms with Crippen molar-refractivity contribution < 1.29 is 0 Å². The topological polar surface area (TPSA) is 68.7 Å². The standard InChI is InChI=1S/C22H33N7S/c1-2-23-21(25-12-8-19-17-30-22(27-19)29-13-5-6-14-29)26-18-9-15-28(16-10-18)20-7-3-4-11-24-20/h3-4,7,11,17-18H,2,5-6,8-10,12-16H2,1H3,(H2,23,25,26). The largest absolute Gasteiger partial charge is 0.357 e. The van der Waals surface area contributed by atoms with Gasteiger partial charge in [-0.15, -0.1) is 11.3 Å². The Labute approximate surface area is 183 Å². The normalized spacial score (nSPS) is 18.1. The molecule has 2 aromatic rings. The van der Waals surface area contributed by atoms with Crippen molar-refractivity contribution in [1.29, 1.82) is 0 Å². The van der Waals surface area contributed by atoms with Crippen molar-refractivity contribution in [3.63, 3.8) is 0 Å². The van der Waals surface area contributed by atoms with Gasteiger partial charge >= 0.3 is 0 Å². The molecule has 0 atom stereocenters. The van der Waals surface area contributed by atoms with Crippen molar-refractivity contribution in [2.24, 2.45) is 4.99 Å². The van der Waals surface area contributed by atoms with Crippen LogP contribution in [0.25, 0.3) is 0 Å². The molecule has 0 unspecified atom stereocenters. The Hall–Kier alpha value is -2.35. The molecule has 0 saturated carbocycles. The molecule has 30 heavy (non-hydrogen) atoms. The number of nitrogens with zero attached hydrogens (tertiary/aromatic N) is 5. The quantitative estimate of drug-likeness (QED) is 0.523. The number of rotatable bonds is 7. The van der Waals surface area contributed by atoms with Gasteiger partial charge in [0, 0.05) is 63.3 Å². The third-order valence-electron chi connectivity index (χ3n) is 5.71. The minimum absolute atomic E-state index is 0.448. The van der Waals surface area contributed by atoms with Crippen LogP contribution in [0, 0.1) is 0 Å². The van der Waals surface area contributed by atoms with Gasteiger partial charge in [-0.25, -0.2) is 9.97 Å². The average Bonchev–Trinajstić information content (AvgIpc) is 3.47. The zero-order valence-corrected chi connectivity index (χ0v) is 18.7. The molecule has 4 heterocycles. The number of anilines is 2. The molecular formula is C22H33N7S. The van der Waals surface area contributed by atoms with Gasteiger partial charge in [-0.2, -0.15) is 0 Å². The van der Waals surface area contributed by atoms with Gasteiger partial charge in [0.15, 0.2) is 11.1 Å². The molecule has 4 rings (SSSR count). The second-order valence-corrected chi connectivity index (χ2v) is 8.76. The van der Waals surface area contributed by atoms with Gasteiger partial charge in [0.05, 0.1) is 5.69 Å². The van der Waals surface area contributed by atoms with E-state index in [4.69, 9.17) is 9.98 Å². The van der Waals surface area contributed by atoms with Crippen LogP contribution in [0.5, 0.6) is 0 Å². The Kier molecular flexibility index (Phi) is 7.39. The molecule has 2 N–H and O–H groups in total. The highest BCUT2D eigenvalue weighted by molar-refractivity contribution is 7.13. The van der Waals surface area contributed by atoms with E-state index in [0.29, 0.717) is 6.04 Å². The van der Waals surface area contributed by atoms with Gasteiger partial charge in [-0.1, -0.05) is 6.07 Å². The Morgan fingerprint density at radius 2 is 2.00 bits per heavy atom. The van der Waals surface area contributed by atoms with Gasteiger partial charge in [0.2, 0.25) is 0 Å². The summed E-state index contributed by atoms with van der Waals surface area (Å²) in [4.78, 5) is 18.9. The first-order valence-electron chi connectivity index (χ1n) is 11.2. The van der Waals surface area contributed by atoms with Crippen LogP contribution in [0.15, 0.2) is 34.8 Å². The zero-order chi connectivity index (χ0) is 20.6. The van der Waals surface area contributed by atoms with E-state index in [1.54, 1.807) is 11.3 Å². The SMILES string of the molecule is CCNC(=NCCc1csc(N2CCCC2)n1)NC1CCN(c2ccccn2)CC1. The summed E-state index contributed by atoms with van der Waals surface area (Å²) in [7, 11) is 0. The van der Waals surface area contributed by atoms with Crippen LogP contribution in [0.2, 0.25) is 0 Å². The van der Waals surface area contributed by atoms with E-state index in [2.05, 4.69) is 49.9 Å². The van der Waals surface area contributed by atoms with Crippen molar-refractivity contribution in [2.75, 3.05) is 49.1 Å². The number of guanidine groups is 1. The number of thiazole rings is 1. The van der Waals surface area contributed by atoms with Crippen LogP contribution in [-0.2, 0) is 6.42 Å². The number of aliphatic imine (C=N–C) groups is 1. The number of piperidine rings is 1. The van der Waals surface area contributed by atoms with Gasteiger partial charge in [-0.05, 0) is 44.7 Å². The molecule has 0 radical (unpaired) electrons. The number of pyridine rings is 1. The summed E-state index contributed by atoms with van der Waals surface area (Å²) in [5.41, 5.74) is 1.16. The maximum absolute atomic E-state index is 4.81. The maximum Gasteiger partial charge on any atom is 0.191 e. The van der Waals surface area contributed by atoms with Crippen LogP contribution in [0.4, 0.5) is 10.9 Å². The van der Waals surface area contributed by atoms with E-state index in [0.717, 1.165) is 76.0 Å². The lowest BCUT2D eigenvalue weighted by Gasteiger charge is -2.33. The van der Waals surface area contributed by atoms with Crippen molar-refractivity contribution in [2.45, 2.75) is 45.1 Å². The van der Waals surface area contributed by atoms with E-state index in [1.807, 2.05) is 12.3 Å². The summed E-state index contributed by atoms with van der Waals surface area (Å²) in [5.74, 6) is 2.00. The Balaban J connectivity index is 1.25. The molecule has 2 saturated heterocycles. The summed E-state index contributed by atoms with van der Waals surface area (Å²) in [6.45, 7) is 8.08. The van der Waals surface area contributed by atoms with E-state index >= 15 is 0 Å². The highest BCUT2D eigenvalue weighted by atomic mass is 32.1. The predicted octanol–water partition coefficient (Wildman–Crippen LogP) is 2.90. The number of hydrogen-bond donors (Lipinski definition) is 2. The van der Waals surface area contributed by atoms with Crippen molar-refractivity contribution in [3.8, 4) is 0 Å². The lowest BCUT2D eigenvalue weighted by molar-refractivity contribution is 0.459. The van der Waals surface area contributed by atoms with Crippen LogP contribution in [0.3, 0.4) is 0 Å². The van der Waals surface area contributed by atoms with E-state index in [1.165, 1.54) is 18.0 Å². The van der Waals surface area contributed by atoms with Crippen molar-refractivity contribution in [1.82, 2.24) is 20.6 Å².